The summed E-state index contributed by atoms with van der Waals surface area (Å²) in [5.74, 6) is 0.644. The molecule has 2 rings (SSSR count). The van der Waals surface area contributed by atoms with Gasteiger partial charge in [0.1, 0.15) is 5.60 Å². The fraction of sp³-hybridized carbons (Fsp3) is 1.00. The van der Waals surface area contributed by atoms with E-state index in [0.717, 1.165) is 12.8 Å². The molecule has 0 spiro atoms. The maximum absolute atomic E-state index is 8.98. The molecule has 2 aliphatic carbocycles. The third kappa shape index (κ3) is 1.27. The summed E-state index contributed by atoms with van der Waals surface area (Å²) in [6.07, 6.45) is 9.81. The van der Waals surface area contributed by atoms with E-state index in [1.165, 1.54) is 38.5 Å². The Morgan fingerprint density at radius 2 is 1.58 bits per heavy atom. The largest absolute Gasteiger partial charge is 0.251 e. The molecule has 2 nitrogen and oxygen atoms in total. The summed E-state index contributed by atoms with van der Waals surface area (Å²) < 4.78 is 0. The van der Waals surface area contributed by atoms with Crippen LogP contribution in [0.5, 0.6) is 0 Å². The minimum Gasteiger partial charge on any atom is -0.251 e. The molecule has 1 N–H and O–H groups in total. The van der Waals surface area contributed by atoms with Crippen LogP contribution in [0.15, 0.2) is 0 Å². The molecule has 0 radical (unpaired) electrons. The number of hydrogen-bond donors (Lipinski definition) is 1. The van der Waals surface area contributed by atoms with Gasteiger partial charge in [-0.25, -0.2) is 4.89 Å². The van der Waals surface area contributed by atoms with Gasteiger partial charge >= 0.3 is 0 Å². The van der Waals surface area contributed by atoms with Crippen molar-refractivity contribution in [1.82, 2.24) is 0 Å². The predicted molar refractivity (Wildman–Crippen MR) is 46.9 cm³/mol. The molecule has 0 bridgehead atoms. The minimum atomic E-state index is -0.128. The van der Waals surface area contributed by atoms with Crippen LogP contribution in [0.25, 0.3) is 0 Å². The Morgan fingerprint density at radius 3 is 2.00 bits per heavy atom. The van der Waals surface area contributed by atoms with Crippen molar-refractivity contribution in [1.29, 1.82) is 0 Å². The second-order valence-corrected chi connectivity index (χ2v) is 4.34. The number of fused-ring (bicyclic) bond motifs is 1. The SMILES string of the molecule is OOC12CCCCC1CCCC2. The summed E-state index contributed by atoms with van der Waals surface area (Å²) in [5.41, 5.74) is -0.128. The molecule has 0 amide bonds. The monoisotopic (exact) mass is 170 g/mol. The normalized spacial score (nSPS) is 42.2. The van der Waals surface area contributed by atoms with E-state index in [2.05, 4.69) is 0 Å². The summed E-state index contributed by atoms with van der Waals surface area (Å²) in [5, 5.41) is 8.98. The second kappa shape index (κ2) is 3.35. The standard InChI is InChI=1S/C10H18O2/c11-12-10-7-3-1-5-9(10)6-2-4-8-10/h9,11H,1-8H2. The van der Waals surface area contributed by atoms with Crippen molar-refractivity contribution in [3.8, 4) is 0 Å². The quantitative estimate of drug-likeness (QED) is 0.484. The Labute approximate surface area is 73.8 Å². The zero-order valence-corrected chi connectivity index (χ0v) is 7.59. The number of hydrogen-bond acceptors (Lipinski definition) is 2. The predicted octanol–water partition coefficient (Wildman–Crippen LogP) is 2.98. The van der Waals surface area contributed by atoms with Gasteiger partial charge in [0.05, 0.1) is 0 Å². The summed E-state index contributed by atoms with van der Waals surface area (Å²) in [4.78, 5) is 4.78. The molecular formula is C10H18O2. The van der Waals surface area contributed by atoms with Crippen molar-refractivity contribution >= 4 is 0 Å². The first-order valence-electron chi connectivity index (χ1n) is 5.20. The van der Waals surface area contributed by atoms with E-state index in [-0.39, 0.29) is 5.60 Å². The molecule has 70 valence electrons. The van der Waals surface area contributed by atoms with E-state index in [1.54, 1.807) is 0 Å². The molecule has 0 atom stereocenters. The van der Waals surface area contributed by atoms with E-state index in [4.69, 9.17) is 10.1 Å². The summed E-state index contributed by atoms with van der Waals surface area (Å²) >= 11 is 0. The lowest BCUT2D eigenvalue weighted by Gasteiger charge is -2.44. The summed E-state index contributed by atoms with van der Waals surface area (Å²) in [7, 11) is 0. The molecule has 0 aromatic rings. The van der Waals surface area contributed by atoms with Crippen LogP contribution in [0.4, 0.5) is 0 Å². The molecule has 2 aliphatic rings. The van der Waals surface area contributed by atoms with Crippen molar-refractivity contribution in [2.24, 2.45) is 5.92 Å². The third-order valence-corrected chi connectivity index (χ3v) is 3.73. The van der Waals surface area contributed by atoms with Crippen molar-refractivity contribution < 1.29 is 10.1 Å². The molecule has 0 heterocycles. The van der Waals surface area contributed by atoms with Crippen LogP contribution in [0.2, 0.25) is 0 Å². The molecule has 12 heavy (non-hydrogen) atoms. The van der Waals surface area contributed by atoms with Crippen molar-refractivity contribution in [3.63, 3.8) is 0 Å². The molecule has 2 fully saturated rings. The van der Waals surface area contributed by atoms with Crippen LogP contribution in [0, 0.1) is 5.92 Å². The Hall–Kier alpha value is -0.0800. The average Bonchev–Trinajstić information content (AvgIpc) is 2.18. The molecule has 0 aromatic heterocycles. The van der Waals surface area contributed by atoms with Gasteiger partial charge in [0.25, 0.3) is 0 Å². The molecule has 0 unspecified atom stereocenters. The molecule has 0 aromatic carbocycles. The van der Waals surface area contributed by atoms with Gasteiger partial charge in [0, 0.05) is 0 Å². The van der Waals surface area contributed by atoms with E-state index < -0.39 is 0 Å². The second-order valence-electron chi connectivity index (χ2n) is 4.34. The van der Waals surface area contributed by atoms with Crippen molar-refractivity contribution in [2.75, 3.05) is 0 Å². The third-order valence-electron chi connectivity index (χ3n) is 3.73. The minimum absolute atomic E-state index is 0.128. The van der Waals surface area contributed by atoms with Crippen molar-refractivity contribution in [2.45, 2.75) is 57.0 Å². The molecule has 2 saturated carbocycles. The van der Waals surface area contributed by atoms with Crippen LogP contribution in [-0.4, -0.2) is 10.9 Å². The fourth-order valence-corrected chi connectivity index (χ4v) is 3.00. The Bertz CT molecular complexity index is 144. The Balaban J connectivity index is 2.10. The zero-order valence-electron chi connectivity index (χ0n) is 7.59. The molecule has 0 aliphatic heterocycles. The van der Waals surface area contributed by atoms with Crippen LogP contribution in [0.3, 0.4) is 0 Å². The lowest BCUT2D eigenvalue weighted by Crippen LogP contribution is -2.44. The lowest BCUT2D eigenvalue weighted by atomic mass is 9.67. The topological polar surface area (TPSA) is 29.5 Å². The van der Waals surface area contributed by atoms with E-state index >= 15 is 0 Å². The highest BCUT2D eigenvalue weighted by Gasteiger charge is 2.43. The van der Waals surface area contributed by atoms with Crippen LogP contribution in [0.1, 0.15) is 51.4 Å². The number of rotatable bonds is 1. The van der Waals surface area contributed by atoms with Crippen LogP contribution < -0.4 is 0 Å². The van der Waals surface area contributed by atoms with E-state index in [0.29, 0.717) is 5.92 Å². The smallest absolute Gasteiger partial charge is 0.106 e. The molecule has 2 heteroatoms. The van der Waals surface area contributed by atoms with Gasteiger partial charge in [-0.3, -0.25) is 5.26 Å². The van der Waals surface area contributed by atoms with E-state index in [9.17, 15) is 0 Å². The van der Waals surface area contributed by atoms with Crippen LogP contribution >= 0.6 is 0 Å². The maximum atomic E-state index is 8.98. The van der Waals surface area contributed by atoms with Crippen LogP contribution in [-0.2, 0) is 4.89 Å². The highest BCUT2D eigenvalue weighted by Crippen LogP contribution is 2.45. The van der Waals surface area contributed by atoms with Gasteiger partial charge in [-0.2, -0.15) is 0 Å². The lowest BCUT2D eigenvalue weighted by molar-refractivity contribution is -0.351. The van der Waals surface area contributed by atoms with Gasteiger partial charge < -0.3 is 0 Å². The highest BCUT2D eigenvalue weighted by molar-refractivity contribution is 4.93. The molecular weight excluding hydrogens is 152 g/mol. The van der Waals surface area contributed by atoms with Gasteiger partial charge in [-0.1, -0.05) is 25.7 Å². The zero-order chi connectivity index (χ0) is 8.44. The first-order valence-corrected chi connectivity index (χ1v) is 5.20. The van der Waals surface area contributed by atoms with Gasteiger partial charge in [-0.05, 0) is 31.6 Å². The van der Waals surface area contributed by atoms with Gasteiger partial charge in [-0.15, -0.1) is 0 Å². The van der Waals surface area contributed by atoms with Gasteiger partial charge in [0.15, 0.2) is 0 Å². The summed E-state index contributed by atoms with van der Waals surface area (Å²) in [6, 6.07) is 0. The highest BCUT2D eigenvalue weighted by atomic mass is 17.1. The summed E-state index contributed by atoms with van der Waals surface area (Å²) in [6.45, 7) is 0. The first-order chi connectivity index (χ1) is 5.87. The maximum Gasteiger partial charge on any atom is 0.106 e. The Kier molecular flexibility index (Phi) is 2.37. The fourth-order valence-electron chi connectivity index (χ4n) is 3.00. The first kappa shape index (κ1) is 8.52. The average molecular weight is 170 g/mol. The van der Waals surface area contributed by atoms with Gasteiger partial charge in [0.2, 0.25) is 0 Å². The molecule has 0 saturated heterocycles. The van der Waals surface area contributed by atoms with Crippen molar-refractivity contribution in [3.05, 3.63) is 0 Å². The Morgan fingerprint density at radius 1 is 1.00 bits per heavy atom. The van der Waals surface area contributed by atoms with E-state index in [1.807, 2.05) is 0 Å².